The molecule has 0 amide bonds. The Morgan fingerprint density at radius 2 is 1.58 bits per heavy atom. The van der Waals surface area contributed by atoms with E-state index in [2.05, 4.69) is 30.8 Å². The van der Waals surface area contributed by atoms with Gasteiger partial charge in [0, 0.05) is 4.90 Å². The molecule has 0 fully saturated rings. The summed E-state index contributed by atoms with van der Waals surface area (Å²) in [4.78, 5) is 1.04. The normalized spacial score (nSPS) is 9.42. The summed E-state index contributed by atoms with van der Waals surface area (Å²) in [6.07, 6.45) is 0. The third-order valence-electron chi connectivity index (χ3n) is 1.77. The van der Waals surface area contributed by atoms with Crippen LogP contribution in [0.5, 0.6) is 0 Å². The van der Waals surface area contributed by atoms with Gasteiger partial charge in [-0.2, -0.15) is 0 Å². The number of thiol groups is 1. The molecule has 2 rings (SSSR count). The molecule has 0 aliphatic carbocycles. The molecule has 0 nitrogen and oxygen atoms in total. The minimum Gasteiger partial charge on any atom is -1.00 e. The molecule has 0 spiro atoms. The summed E-state index contributed by atoms with van der Waals surface area (Å²) in [5, 5.41) is 2.47. The topological polar surface area (TPSA) is 0 Å². The van der Waals surface area contributed by atoms with Gasteiger partial charge in [0.25, 0.3) is 0 Å². The van der Waals surface area contributed by atoms with E-state index in [4.69, 9.17) is 0 Å². The summed E-state index contributed by atoms with van der Waals surface area (Å²) in [7, 11) is 0. The molecule has 2 aromatic carbocycles. The Morgan fingerprint density at radius 3 is 2.33 bits per heavy atom. The van der Waals surface area contributed by atoms with Crippen molar-refractivity contribution in [2.75, 3.05) is 0 Å². The molecule has 0 N–H and O–H groups in total. The van der Waals surface area contributed by atoms with Crippen LogP contribution in [0.1, 0.15) is 1.43 Å². The summed E-state index contributed by atoms with van der Waals surface area (Å²) in [5.74, 6) is 0. The fourth-order valence-corrected chi connectivity index (χ4v) is 1.50. The smallest absolute Gasteiger partial charge is 1.00 e. The van der Waals surface area contributed by atoms with E-state index in [0.717, 1.165) is 4.90 Å². The molecular weight excluding hydrogens is 175 g/mol. The molecule has 0 radical (unpaired) electrons. The van der Waals surface area contributed by atoms with E-state index in [1.807, 2.05) is 24.3 Å². The van der Waals surface area contributed by atoms with E-state index in [1.165, 1.54) is 10.8 Å². The van der Waals surface area contributed by atoms with Crippen LogP contribution in [-0.4, -0.2) is 0 Å². The van der Waals surface area contributed by atoms with Crippen molar-refractivity contribution in [3.63, 3.8) is 0 Å². The summed E-state index contributed by atoms with van der Waals surface area (Å²) in [6.45, 7) is 0. The third-order valence-corrected chi connectivity index (χ3v) is 2.16. The van der Waals surface area contributed by atoms with Gasteiger partial charge in [0.05, 0.1) is 0 Å². The van der Waals surface area contributed by atoms with Gasteiger partial charge in [-0.25, -0.2) is 0 Å². The molecule has 0 bridgehead atoms. The molecule has 2 aromatic rings. The van der Waals surface area contributed by atoms with E-state index in [1.54, 1.807) is 0 Å². The van der Waals surface area contributed by atoms with Gasteiger partial charge in [0.15, 0.2) is 0 Å². The summed E-state index contributed by atoms with van der Waals surface area (Å²) in [6, 6.07) is 14.4. The average molecular weight is 184 g/mol. The van der Waals surface area contributed by atoms with E-state index in [0.29, 0.717) is 0 Å². The van der Waals surface area contributed by atoms with Gasteiger partial charge in [-0.05, 0) is 16.8 Å². The largest absolute Gasteiger partial charge is 1.00 e. The van der Waals surface area contributed by atoms with Gasteiger partial charge in [0.2, 0.25) is 0 Å². The maximum atomic E-state index is 4.35. The average Bonchev–Trinajstić information content (AvgIpc) is 2.06. The van der Waals surface area contributed by atoms with Crippen molar-refractivity contribution >= 4 is 23.4 Å². The van der Waals surface area contributed by atoms with Gasteiger partial charge >= 0.3 is 29.6 Å². The van der Waals surface area contributed by atoms with E-state index >= 15 is 0 Å². The van der Waals surface area contributed by atoms with Gasteiger partial charge in [-0.3, -0.25) is 0 Å². The molecule has 0 saturated heterocycles. The van der Waals surface area contributed by atoms with Crippen molar-refractivity contribution in [2.24, 2.45) is 0 Å². The molecule has 0 atom stereocenters. The van der Waals surface area contributed by atoms with Crippen LogP contribution < -0.4 is 29.6 Å². The van der Waals surface area contributed by atoms with E-state index < -0.39 is 0 Å². The van der Waals surface area contributed by atoms with E-state index in [9.17, 15) is 0 Å². The second-order valence-electron chi connectivity index (χ2n) is 2.50. The Kier molecular flexibility index (Phi) is 3.66. The molecule has 0 aliphatic rings. The van der Waals surface area contributed by atoms with Gasteiger partial charge in [0.1, 0.15) is 0 Å². The number of rotatable bonds is 0. The Bertz CT molecular complexity index is 384. The molecule has 0 aromatic heterocycles. The summed E-state index contributed by atoms with van der Waals surface area (Å²) < 4.78 is 0. The van der Waals surface area contributed by atoms with Crippen LogP contribution in [0.4, 0.5) is 0 Å². The molecule has 0 heterocycles. The van der Waals surface area contributed by atoms with Crippen molar-refractivity contribution in [2.45, 2.75) is 4.90 Å². The Hall–Kier alpha value is 0.0500. The van der Waals surface area contributed by atoms with Crippen molar-refractivity contribution < 1.29 is 31.0 Å². The Labute approximate surface area is 101 Å². The summed E-state index contributed by atoms with van der Waals surface area (Å²) in [5.41, 5.74) is 0. The van der Waals surface area contributed by atoms with Crippen LogP contribution in [-0.2, 0) is 0 Å². The van der Waals surface area contributed by atoms with Crippen molar-refractivity contribution in [3.8, 4) is 0 Å². The monoisotopic (exact) mass is 184 g/mol. The van der Waals surface area contributed by atoms with Gasteiger partial charge in [-0.1, -0.05) is 36.4 Å². The zero-order valence-corrected chi connectivity index (χ0v) is 9.88. The first-order valence-electron chi connectivity index (χ1n) is 3.54. The second kappa shape index (κ2) is 4.33. The van der Waals surface area contributed by atoms with Crippen LogP contribution in [0, 0.1) is 0 Å². The fourth-order valence-electron chi connectivity index (χ4n) is 1.21. The number of hydrogen-bond donors (Lipinski definition) is 1. The quantitative estimate of drug-likeness (QED) is 0.440. The van der Waals surface area contributed by atoms with Crippen molar-refractivity contribution in [3.05, 3.63) is 42.5 Å². The SMILES string of the molecule is Sc1cccc2ccccc12.[H-].[Na+]. The van der Waals surface area contributed by atoms with Crippen LogP contribution >= 0.6 is 12.6 Å². The fraction of sp³-hybridized carbons (Fsp3) is 0. The molecule has 0 saturated carbocycles. The van der Waals surface area contributed by atoms with Gasteiger partial charge < -0.3 is 1.43 Å². The third kappa shape index (κ3) is 1.86. The van der Waals surface area contributed by atoms with Crippen molar-refractivity contribution in [1.82, 2.24) is 0 Å². The number of fused-ring (bicyclic) bond motifs is 1. The predicted octanol–water partition coefficient (Wildman–Crippen LogP) is 0.245. The second-order valence-corrected chi connectivity index (χ2v) is 2.98. The van der Waals surface area contributed by atoms with E-state index in [-0.39, 0.29) is 31.0 Å². The van der Waals surface area contributed by atoms with Crippen LogP contribution in [0.3, 0.4) is 0 Å². The van der Waals surface area contributed by atoms with Gasteiger partial charge in [-0.15, -0.1) is 12.6 Å². The first-order chi connectivity index (χ1) is 5.38. The molecule has 56 valence electrons. The molecular formula is C10H9NaS. The number of hydrogen-bond acceptors (Lipinski definition) is 1. The Morgan fingerprint density at radius 1 is 0.917 bits per heavy atom. The molecule has 0 aliphatic heterocycles. The Balaban J connectivity index is 0.000000720. The van der Waals surface area contributed by atoms with Crippen LogP contribution in [0.15, 0.2) is 47.4 Å². The van der Waals surface area contributed by atoms with Crippen molar-refractivity contribution in [1.29, 1.82) is 0 Å². The maximum absolute atomic E-state index is 4.35. The first kappa shape index (κ1) is 10.1. The first-order valence-corrected chi connectivity index (χ1v) is 3.99. The molecule has 0 unspecified atom stereocenters. The minimum atomic E-state index is 0. The summed E-state index contributed by atoms with van der Waals surface area (Å²) >= 11 is 4.35. The zero-order chi connectivity index (χ0) is 7.68. The number of benzene rings is 2. The minimum absolute atomic E-state index is 0. The maximum Gasteiger partial charge on any atom is 1.00 e. The zero-order valence-electron chi connectivity index (χ0n) is 7.99. The van der Waals surface area contributed by atoms with Crippen LogP contribution in [0.2, 0.25) is 0 Å². The predicted molar refractivity (Wildman–Crippen MR) is 52.3 cm³/mol. The standard InChI is InChI=1S/C10H8S.Na.H/c11-10-7-3-5-8-4-1-2-6-9(8)10;;/h1-7,11H;;/q;+1;-1. The van der Waals surface area contributed by atoms with Crippen LogP contribution in [0.25, 0.3) is 10.8 Å². The molecule has 2 heteroatoms. The molecule has 12 heavy (non-hydrogen) atoms.